The third kappa shape index (κ3) is 3.45. The third-order valence-corrected chi connectivity index (χ3v) is 4.84. The minimum Gasteiger partial charge on any atom is -0.492 e. The fourth-order valence-corrected chi connectivity index (χ4v) is 3.34. The molecule has 0 spiro atoms. The highest BCUT2D eigenvalue weighted by Gasteiger charge is 2.28. The van der Waals surface area contributed by atoms with Crippen LogP contribution in [0.4, 0.5) is 0 Å². The van der Waals surface area contributed by atoms with E-state index in [0.29, 0.717) is 32.0 Å². The van der Waals surface area contributed by atoms with E-state index in [2.05, 4.69) is 9.97 Å². The summed E-state index contributed by atoms with van der Waals surface area (Å²) in [6.45, 7) is 1.83. The first-order valence-corrected chi connectivity index (χ1v) is 8.85. The Morgan fingerprint density at radius 1 is 1.36 bits per heavy atom. The lowest BCUT2D eigenvalue weighted by molar-refractivity contribution is 0.212. The highest BCUT2D eigenvalue weighted by atomic mass is 32.2. The van der Waals surface area contributed by atoms with E-state index >= 15 is 0 Å². The molecule has 1 atom stereocenters. The van der Waals surface area contributed by atoms with Gasteiger partial charge in [-0.1, -0.05) is 0 Å². The van der Waals surface area contributed by atoms with Crippen molar-refractivity contribution in [1.82, 2.24) is 18.8 Å². The Morgan fingerprint density at radius 2 is 2.23 bits per heavy atom. The van der Waals surface area contributed by atoms with Crippen LogP contribution in [0.25, 0.3) is 0 Å². The highest BCUT2D eigenvalue weighted by Crippen LogP contribution is 2.19. The van der Waals surface area contributed by atoms with E-state index in [1.165, 1.54) is 10.6 Å². The van der Waals surface area contributed by atoms with Gasteiger partial charge in [0.25, 0.3) is 0 Å². The van der Waals surface area contributed by atoms with Gasteiger partial charge in [0.05, 0.1) is 25.6 Å². The van der Waals surface area contributed by atoms with Crippen LogP contribution < -0.4 is 4.74 Å². The van der Waals surface area contributed by atoms with E-state index in [9.17, 15) is 8.42 Å². The molecule has 0 bridgehead atoms. The van der Waals surface area contributed by atoms with Crippen LogP contribution in [0.2, 0.25) is 0 Å². The van der Waals surface area contributed by atoms with Gasteiger partial charge in [-0.15, -0.1) is 0 Å². The van der Waals surface area contributed by atoms with Gasteiger partial charge in [-0.2, -0.15) is 4.31 Å². The predicted molar refractivity (Wildman–Crippen MR) is 80.7 cm³/mol. The van der Waals surface area contributed by atoms with Crippen LogP contribution in [-0.2, 0) is 23.1 Å². The molecular weight excluding hydrogens is 304 g/mol. The largest absolute Gasteiger partial charge is 0.492 e. The summed E-state index contributed by atoms with van der Waals surface area (Å²) in [5.74, 6) is 1.49. The van der Waals surface area contributed by atoms with Crippen molar-refractivity contribution in [2.45, 2.75) is 13.1 Å². The number of rotatable bonds is 4. The molecule has 2 aromatic heterocycles. The summed E-state index contributed by atoms with van der Waals surface area (Å²) in [4.78, 5) is 8.24. The van der Waals surface area contributed by atoms with E-state index in [1.807, 2.05) is 16.8 Å². The van der Waals surface area contributed by atoms with Crippen molar-refractivity contribution in [3.8, 4) is 5.75 Å². The van der Waals surface area contributed by atoms with Crippen LogP contribution in [0.1, 0.15) is 5.82 Å². The van der Waals surface area contributed by atoms with Gasteiger partial charge in [-0.05, 0) is 12.1 Å². The summed E-state index contributed by atoms with van der Waals surface area (Å²) in [5.41, 5.74) is 0. The first kappa shape index (κ1) is 15.0. The van der Waals surface area contributed by atoms with E-state index in [0.717, 1.165) is 5.82 Å². The van der Waals surface area contributed by atoms with Crippen LogP contribution in [-0.4, -0.2) is 46.7 Å². The van der Waals surface area contributed by atoms with Gasteiger partial charge in [0.1, 0.15) is 11.6 Å². The minimum absolute atomic E-state index is 0.0466. The van der Waals surface area contributed by atoms with Gasteiger partial charge in [0.2, 0.25) is 10.0 Å². The van der Waals surface area contributed by atoms with Gasteiger partial charge in [0.15, 0.2) is 0 Å². The predicted octanol–water partition coefficient (Wildman–Crippen LogP) is 0.748. The SMILES string of the molecule is CS(=O)(=O)N1Cc2nccn2CC(COc2cccnc2)C1. The summed E-state index contributed by atoms with van der Waals surface area (Å²) >= 11 is 0. The summed E-state index contributed by atoms with van der Waals surface area (Å²) in [5, 5.41) is 0. The van der Waals surface area contributed by atoms with Crippen molar-refractivity contribution >= 4 is 10.0 Å². The summed E-state index contributed by atoms with van der Waals surface area (Å²) in [7, 11) is -3.27. The maximum absolute atomic E-state index is 11.9. The molecule has 0 radical (unpaired) electrons. The summed E-state index contributed by atoms with van der Waals surface area (Å²) < 4.78 is 33.0. The minimum atomic E-state index is -3.27. The Bertz CT molecular complexity index is 730. The molecule has 0 saturated heterocycles. The fourth-order valence-electron chi connectivity index (χ4n) is 2.51. The quantitative estimate of drug-likeness (QED) is 0.830. The molecule has 2 aromatic rings. The van der Waals surface area contributed by atoms with E-state index in [4.69, 9.17) is 4.74 Å². The number of sulfonamides is 1. The second-order valence-electron chi connectivity index (χ2n) is 5.42. The zero-order valence-electron chi connectivity index (χ0n) is 12.3. The Labute approximate surface area is 129 Å². The molecule has 7 nitrogen and oxygen atoms in total. The van der Waals surface area contributed by atoms with Gasteiger partial charge in [0, 0.05) is 37.6 Å². The molecule has 0 fully saturated rings. The van der Waals surface area contributed by atoms with Crippen LogP contribution in [0.15, 0.2) is 36.9 Å². The lowest BCUT2D eigenvalue weighted by atomic mass is 10.1. The monoisotopic (exact) mass is 322 g/mol. The lowest BCUT2D eigenvalue weighted by Gasteiger charge is -2.21. The average molecular weight is 322 g/mol. The van der Waals surface area contributed by atoms with Crippen LogP contribution in [0.3, 0.4) is 0 Å². The van der Waals surface area contributed by atoms with Crippen LogP contribution in [0.5, 0.6) is 5.75 Å². The molecule has 1 aliphatic rings. The highest BCUT2D eigenvalue weighted by molar-refractivity contribution is 7.88. The zero-order valence-corrected chi connectivity index (χ0v) is 13.1. The van der Waals surface area contributed by atoms with E-state index in [1.54, 1.807) is 24.7 Å². The first-order chi connectivity index (χ1) is 10.5. The molecule has 0 saturated carbocycles. The normalized spacial score (nSPS) is 19.4. The average Bonchev–Trinajstić information content (AvgIpc) is 2.83. The molecule has 3 rings (SSSR count). The van der Waals surface area contributed by atoms with Gasteiger partial charge < -0.3 is 9.30 Å². The van der Waals surface area contributed by atoms with E-state index < -0.39 is 10.0 Å². The molecular formula is C14H18N4O3S. The fraction of sp³-hybridized carbons (Fsp3) is 0.429. The summed E-state index contributed by atoms with van der Waals surface area (Å²) in [6, 6.07) is 3.64. The topological polar surface area (TPSA) is 77.3 Å². The second kappa shape index (κ2) is 6.05. The maximum atomic E-state index is 11.9. The Kier molecular flexibility index (Phi) is 4.12. The van der Waals surface area contributed by atoms with Gasteiger partial charge in [-0.3, -0.25) is 4.98 Å². The number of imidazole rings is 1. The van der Waals surface area contributed by atoms with Crippen molar-refractivity contribution in [3.05, 3.63) is 42.7 Å². The number of hydrogen-bond donors (Lipinski definition) is 0. The zero-order chi connectivity index (χ0) is 15.6. The number of aromatic nitrogens is 3. The molecule has 0 aromatic carbocycles. The van der Waals surface area contributed by atoms with Crippen molar-refractivity contribution < 1.29 is 13.2 Å². The van der Waals surface area contributed by atoms with Crippen LogP contribution in [0, 0.1) is 5.92 Å². The van der Waals surface area contributed by atoms with Crippen molar-refractivity contribution in [2.24, 2.45) is 5.92 Å². The number of ether oxygens (including phenoxy) is 1. The molecule has 22 heavy (non-hydrogen) atoms. The van der Waals surface area contributed by atoms with Crippen LogP contribution >= 0.6 is 0 Å². The Hall–Kier alpha value is -1.93. The van der Waals surface area contributed by atoms with Crippen molar-refractivity contribution in [1.29, 1.82) is 0 Å². The number of fused-ring (bicyclic) bond motifs is 1. The maximum Gasteiger partial charge on any atom is 0.211 e. The Morgan fingerprint density at radius 3 is 2.95 bits per heavy atom. The number of pyridine rings is 1. The molecule has 0 amide bonds. The smallest absolute Gasteiger partial charge is 0.211 e. The molecule has 1 unspecified atom stereocenters. The second-order valence-corrected chi connectivity index (χ2v) is 7.40. The molecule has 8 heteroatoms. The van der Waals surface area contributed by atoms with Gasteiger partial charge >= 0.3 is 0 Å². The lowest BCUT2D eigenvalue weighted by Crippen LogP contribution is -2.35. The van der Waals surface area contributed by atoms with Crippen molar-refractivity contribution in [2.75, 3.05) is 19.4 Å². The van der Waals surface area contributed by atoms with Crippen molar-refractivity contribution in [3.63, 3.8) is 0 Å². The number of nitrogens with zero attached hydrogens (tertiary/aromatic N) is 4. The summed E-state index contributed by atoms with van der Waals surface area (Å²) in [6.07, 6.45) is 8.12. The standard InChI is InChI=1S/C14H18N4O3S/c1-22(19,20)18-9-12(8-17-6-5-16-14(17)10-18)11-21-13-3-2-4-15-7-13/h2-7,12H,8-11H2,1H3. The molecule has 1 aliphatic heterocycles. The first-order valence-electron chi connectivity index (χ1n) is 7.00. The molecule has 118 valence electrons. The Balaban J connectivity index is 1.76. The molecule has 3 heterocycles. The van der Waals surface area contributed by atoms with E-state index in [-0.39, 0.29) is 5.92 Å². The third-order valence-electron chi connectivity index (χ3n) is 3.63. The molecule has 0 aliphatic carbocycles. The van der Waals surface area contributed by atoms with Gasteiger partial charge in [-0.25, -0.2) is 13.4 Å². The number of hydrogen-bond acceptors (Lipinski definition) is 5. The molecule has 0 N–H and O–H groups in total.